The zero-order chi connectivity index (χ0) is 14.6. The van der Waals surface area contributed by atoms with E-state index in [1.54, 1.807) is 6.33 Å². The van der Waals surface area contributed by atoms with Crippen molar-refractivity contribution in [2.75, 3.05) is 0 Å². The molecule has 1 aromatic heterocycles. The molecule has 4 heteroatoms. The van der Waals surface area contributed by atoms with E-state index in [0.29, 0.717) is 6.04 Å². The molecule has 108 valence electrons. The molecule has 0 saturated heterocycles. The SMILES string of the molecule is Cn1cnnc1CNC(CC(C)(C)C)c1ccccc1. The molecule has 0 amide bonds. The van der Waals surface area contributed by atoms with Gasteiger partial charge in [0.05, 0.1) is 6.54 Å². The first-order valence-corrected chi connectivity index (χ1v) is 7.07. The summed E-state index contributed by atoms with van der Waals surface area (Å²) in [6, 6.07) is 10.9. The molecule has 2 aromatic rings. The fourth-order valence-electron chi connectivity index (χ4n) is 2.29. The maximum Gasteiger partial charge on any atom is 0.146 e. The van der Waals surface area contributed by atoms with Crippen LogP contribution >= 0.6 is 0 Å². The Balaban J connectivity index is 2.09. The van der Waals surface area contributed by atoms with Gasteiger partial charge in [-0.25, -0.2) is 0 Å². The van der Waals surface area contributed by atoms with Crippen LogP contribution in [0.3, 0.4) is 0 Å². The summed E-state index contributed by atoms with van der Waals surface area (Å²) in [6.07, 6.45) is 2.81. The number of rotatable bonds is 5. The molecule has 0 saturated carbocycles. The van der Waals surface area contributed by atoms with Crippen LogP contribution in [0, 0.1) is 5.41 Å². The Bertz CT molecular complexity index is 525. The second-order valence-electron chi connectivity index (χ2n) is 6.47. The fourth-order valence-corrected chi connectivity index (χ4v) is 2.29. The third-order valence-corrected chi connectivity index (χ3v) is 3.33. The second kappa shape index (κ2) is 6.18. The molecule has 0 aliphatic rings. The van der Waals surface area contributed by atoms with E-state index in [-0.39, 0.29) is 5.41 Å². The first-order chi connectivity index (χ1) is 9.46. The van der Waals surface area contributed by atoms with Gasteiger partial charge in [0.2, 0.25) is 0 Å². The summed E-state index contributed by atoms with van der Waals surface area (Å²) in [4.78, 5) is 0. The van der Waals surface area contributed by atoms with E-state index in [1.807, 2.05) is 11.6 Å². The Morgan fingerprint density at radius 1 is 1.20 bits per heavy atom. The van der Waals surface area contributed by atoms with Crippen LogP contribution in [0.5, 0.6) is 0 Å². The molecular weight excluding hydrogens is 248 g/mol. The normalized spacial score (nSPS) is 13.4. The van der Waals surface area contributed by atoms with E-state index in [2.05, 4.69) is 66.6 Å². The summed E-state index contributed by atoms with van der Waals surface area (Å²) >= 11 is 0. The van der Waals surface area contributed by atoms with Crippen molar-refractivity contribution in [3.05, 3.63) is 48.0 Å². The van der Waals surface area contributed by atoms with Gasteiger partial charge in [0.25, 0.3) is 0 Å². The van der Waals surface area contributed by atoms with Gasteiger partial charge < -0.3 is 9.88 Å². The molecule has 2 rings (SSSR count). The van der Waals surface area contributed by atoms with Gasteiger partial charge in [-0.3, -0.25) is 0 Å². The average molecular weight is 272 g/mol. The maximum absolute atomic E-state index is 4.13. The van der Waals surface area contributed by atoms with E-state index < -0.39 is 0 Å². The van der Waals surface area contributed by atoms with Gasteiger partial charge in [0, 0.05) is 13.1 Å². The molecule has 0 aliphatic heterocycles. The van der Waals surface area contributed by atoms with Crippen molar-refractivity contribution in [1.82, 2.24) is 20.1 Å². The Hall–Kier alpha value is -1.68. The largest absolute Gasteiger partial charge is 0.320 e. The lowest BCUT2D eigenvalue weighted by molar-refractivity contribution is 0.308. The number of aryl methyl sites for hydroxylation is 1. The van der Waals surface area contributed by atoms with E-state index in [1.165, 1.54) is 5.56 Å². The van der Waals surface area contributed by atoms with Crippen LogP contribution in [0.1, 0.15) is 44.6 Å². The molecule has 1 aromatic carbocycles. The summed E-state index contributed by atoms with van der Waals surface area (Å²) in [5, 5.41) is 11.7. The smallest absolute Gasteiger partial charge is 0.146 e. The van der Waals surface area contributed by atoms with Crippen molar-refractivity contribution < 1.29 is 0 Å². The molecule has 1 N–H and O–H groups in total. The van der Waals surface area contributed by atoms with E-state index in [0.717, 1.165) is 18.8 Å². The first-order valence-electron chi connectivity index (χ1n) is 7.07. The van der Waals surface area contributed by atoms with Gasteiger partial charge >= 0.3 is 0 Å². The topological polar surface area (TPSA) is 42.7 Å². The van der Waals surface area contributed by atoms with Gasteiger partial charge in [0.1, 0.15) is 12.2 Å². The molecule has 0 radical (unpaired) electrons. The van der Waals surface area contributed by atoms with Gasteiger partial charge in [-0.05, 0) is 17.4 Å². The molecule has 20 heavy (non-hydrogen) atoms. The maximum atomic E-state index is 4.13. The first kappa shape index (κ1) is 14.7. The fraction of sp³-hybridized carbons (Fsp3) is 0.500. The lowest BCUT2D eigenvalue weighted by Gasteiger charge is -2.27. The highest BCUT2D eigenvalue weighted by molar-refractivity contribution is 5.19. The Morgan fingerprint density at radius 3 is 2.45 bits per heavy atom. The highest BCUT2D eigenvalue weighted by Crippen LogP contribution is 2.29. The van der Waals surface area contributed by atoms with Crippen LogP contribution in [0.4, 0.5) is 0 Å². The number of benzene rings is 1. The van der Waals surface area contributed by atoms with Crippen LogP contribution < -0.4 is 5.32 Å². The van der Waals surface area contributed by atoms with Gasteiger partial charge in [0.15, 0.2) is 0 Å². The Kier molecular flexibility index (Phi) is 4.55. The molecule has 0 spiro atoms. The van der Waals surface area contributed by atoms with Crippen LogP contribution in [0.2, 0.25) is 0 Å². The number of nitrogens with one attached hydrogen (secondary N) is 1. The predicted molar refractivity (Wildman–Crippen MR) is 81.1 cm³/mol. The Labute approximate surface area is 121 Å². The monoisotopic (exact) mass is 272 g/mol. The van der Waals surface area contributed by atoms with Gasteiger partial charge in [-0.2, -0.15) is 0 Å². The summed E-state index contributed by atoms with van der Waals surface area (Å²) in [5.74, 6) is 0.958. The van der Waals surface area contributed by atoms with Gasteiger partial charge in [-0.1, -0.05) is 51.1 Å². The molecule has 1 atom stereocenters. The minimum Gasteiger partial charge on any atom is -0.320 e. The molecule has 0 fully saturated rings. The predicted octanol–water partition coefficient (Wildman–Crippen LogP) is 3.08. The van der Waals surface area contributed by atoms with Crippen molar-refractivity contribution in [1.29, 1.82) is 0 Å². The van der Waals surface area contributed by atoms with Crippen molar-refractivity contribution in [3.8, 4) is 0 Å². The standard InChI is InChI=1S/C16H24N4/c1-16(2,3)10-14(13-8-6-5-7-9-13)17-11-15-19-18-12-20(15)4/h5-9,12,14,17H,10-11H2,1-4H3. The van der Waals surface area contributed by atoms with E-state index >= 15 is 0 Å². The highest BCUT2D eigenvalue weighted by atomic mass is 15.3. The lowest BCUT2D eigenvalue weighted by atomic mass is 9.85. The zero-order valence-electron chi connectivity index (χ0n) is 12.8. The van der Waals surface area contributed by atoms with Crippen molar-refractivity contribution in [2.45, 2.75) is 39.8 Å². The number of aromatic nitrogens is 3. The van der Waals surface area contributed by atoms with Crippen LogP contribution in [-0.4, -0.2) is 14.8 Å². The van der Waals surface area contributed by atoms with E-state index in [9.17, 15) is 0 Å². The summed E-state index contributed by atoms with van der Waals surface area (Å²) in [7, 11) is 1.97. The number of hydrogen-bond donors (Lipinski definition) is 1. The van der Waals surface area contributed by atoms with Gasteiger partial charge in [-0.15, -0.1) is 10.2 Å². The molecule has 1 heterocycles. The molecule has 4 nitrogen and oxygen atoms in total. The van der Waals surface area contributed by atoms with Crippen molar-refractivity contribution >= 4 is 0 Å². The second-order valence-corrected chi connectivity index (χ2v) is 6.47. The zero-order valence-corrected chi connectivity index (χ0v) is 12.8. The third kappa shape index (κ3) is 4.17. The quantitative estimate of drug-likeness (QED) is 0.909. The third-order valence-electron chi connectivity index (χ3n) is 3.33. The average Bonchev–Trinajstić information content (AvgIpc) is 2.80. The van der Waals surface area contributed by atoms with E-state index in [4.69, 9.17) is 0 Å². The number of nitrogens with zero attached hydrogens (tertiary/aromatic N) is 3. The Morgan fingerprint density at radius 2 is 1.90 bits per heavy atom. The minimum atomic E-state index is 0.271. The summed E-state index contributed by atoms with van der Waals surface area (Å²) < 4.78 is 1.95. The van der Waals surface area contributed by atoms with Crippen LogP contribution in [0.25, 0.3) is 0 Å². The minimum absolute atomic E-state index is 0.271. The van der Waals surface area contributed by atoms with Crippen LogP contribution in [0.15, 0.2) is 36.7 Å². The number of hydrogen-bond acceptors (Lipinski definition) is 3. The lowest BCUT2D eigenvalue weighted by Crippen LogP contribution is -2.26. The summed E-state index contributed by atoms with van der Waals surface area (Å²) in [6.45, 7) is 7.54. The molecule has 0 aliphatic carbocycles. The highest BCUT2D eigenvalue weighted by Gasteiger charge is 2.20. The van der Waals surface area contributed by atoms with Crippen molar-refractivity contribution in [3.63, 3.8) is 0 Å². The van der Waals surface area contributed by atoms with Crippen LogP contribution in [-0.2, 0) is 13.6 Å². The summed E-state index contributed by atoms with van der Waals surface area (Å²) in [5.41, 5.74) is 1.59. The molecule has 0 bridgehead atoms. The molecular formula is C16H24N4. The van der Waals surface area contributed by atoms with Crippen molar-refractivity contribution in [2.24, 2.45) is 12.5 Å². The molecule has 1 unspecified atom stereocenters.